The lowest BCUT2D eigenvalue weighted by Gasteiger charge is -2.34. The Labute approximate surface area is 145 Å². The van der Waals surface area contributed by atoms with E-state index >= 15 is 0 Å². The van der Waals surface area contributed by atoms with Crippen molar-refractivity contribution < 1.29 is 9.63 Å². The Morgan fingerprint density at radius 2 is 1.91 bits per heavy atom. The van der Waals surface area contributed by atoms with Gasteiger partial charge in [0, 0.05) is 16.3 Å². The minimum atomic E-state index is -2.06. The van der Waals surface area contributed by atoms with E-state index in [1.54, 1.807) is 6.07 Å². The Kier molecular flexibility index (Phi) is 4.61. The summed E-state index contributed by atoms with van der Waals surface area (Å²) in [5.41, 5.74) is 0.191. The number of halogens is 1. The third kappa shape index (κ3) is 3.02. The fourth-order valence-electron chi connectivity index (χ4n) is 2.31. The topological polar surface area (TPSA) is 53.9 Å². The van der Waals surface area contributed by atoms with Gasteiger partial charge in [-0.1, -0.05) is 57.4 Å². The number of oxime groups is 1. The lowest BCUT2D eigenvalue weighted by Crippen LogP contribution is -2.43. The van der Waals surface area contributed by atoms with Gasteiger partial charge in [-0.2, -0.15) is 0 Å². The molecular weight excluding hydrogens is 328 g/mol. The zero-order valence-corrected chi connectivity index (χ0v) is 16.7. The summed E-state index contributed by atoms with van der Waals surface area (Å²) in [4.78, 5) is 0. The van der Waals surface area contributed by atoms with Gasteiger partial charge in [0.15, 0.2) is 11.4 Å². The fraction of sp³-hybridized carbons (Fsp3) is 0.588. The first kappa shape index (κ1) is 18.3. The van der Waals surface area contributed by atoms with E-state index in [4.69, 9.17) is 16.1 Å². The van der Waals surface area contributed by atoms with E-state index in [9.17, 15) is 5.11 Å². The van der Waals surface area contributed by atoms with Crippen LogP contribution in [0.25, 0.3) is 0 Å². The molecule has 1 atom stereocenters. The van der Waals surface area contributed by atoms with Gasteiger partial charge in [0.1, 0.15) is 0 Å². The van der Waals surface area contributed by atoms with Gasteiger partial charge in [-0.05, 0) is 36.2 Å². The number of fused-ring (bicyclic) bond motifs is 1. The normalized spacial score (nSPS) is 23.1. The van der Waals surface area contributed by atoms with Gasteiger partial charge in [-0.25, -0.2) is 0 Å². The highest BCUT2D eigenvalue weighted by atomic mass is 35.5. The molecule has 0 radical (unpaired) electrons. The first-order valence-electron chi connectivity index (χ1n) is 7.96. The van der Waals surface area contributed by atoms with Gasteiger partial charge >= 0.3 is 0 Å². The summed E-state index contributed by atoms with van der Waals surface area (Å²) in [6, 6.07) is 5.53. The molecule has 1 unspecified atom stereocenters. The zero-order valence-electron chi connectivity index (χ0n) is 15.0. The highest BCUT2D eigenvalue weighted by molar-refractivity contribution is 6.74. The molecule has 1 aromatic rings. The molecule has 2 rings (SSSR count). The molecule has 1 aliphatic heterocycles. The average Bonchev–Trinajstić information content (AvgIpc) is 2.71. The van der Waals surface area contributed by atoms with E-state index in [1.165, 1.54) is 0 Å². The van der Waals surface area contributed by atoms with E-state index in [0.29, 0.717) is 16.4 Å². The quantitative estimate of drug-likeness (QED) is 0.596. The number of nitrogens with one attached hydrogen (secondary N) is 1. The molecule has 6 heteroatoms. The second-order valence-electron chi connectivity index (χ2n) is 8.00. The molecule has 23 heavy (non-hydrogen) atoms. The average molecular weight is 355 g/mol. The molecule has 128 valence electrons. The van der Waals surface area contributed by atoms with Crippen molar-refractivity contribution >= 4 is 31.4 Å². The van der Waals surface area contributed by atoms with Gasteiger partial charge in [-0.3, -0.25) is 0 Å². The van der Waals surface area contributed by atoms with Crippen molar-refractivity contribution in [3.05, 3.63) is 28.8 Å². The zero-order chi connectivity index (χ0) is 17.6. The van der Waals surface area contributed by atoms with Gasteiger partial charge < -0.3 is 15.0 Å². The molecule has 1 aliphatic rings. The third-order valence-corrected chi connectivity index (χ3v) is 9.49. The molecule has 2 N–H and O–H groups in total. The molecule has 1 aromatic carbocycles. The molecule has 0 spiro atoms. The summed E-state index contributed by atoms with van der Waals surface area (Å²) in [7, 11) is -2.06. The number of aliphatic hydroxyl groups is 1. The van der Waals surface area contributed by atoms with Crippen molar-refractivity contribution in [2.45, 2.75) is 58.4 Å². The molecule has 0 saturated carbocycles. The van der Waals surface area contributed by atoms with E-state index in [0.717, 1.165) is 5.69 Å². The van der Waals surface area contributed by atoms with Gasteiger partial charge in [0.2, 0.25) is 0 Å². The second-order valence-corrected chi connectivity index (χ2v) is 13.1. The summed E-state index contributed by atoms with van der Waals surface area (Å²) >= 11 is 6.34. The van der Waals surface area contributed by atoms with Gasteiger partial charge in [0.25, 0.3) is 8.32 Å². The van der Waals surface area contributed by atoms with Crippen molar-refractivity contribution in [1.29, 1.82) is 0 Å². The van der Waals surface area contributed by atoms with E-state index in [2.05, 4.69) is 44.3 Å². The van der Waals surface area contributed by atoms with Crippen LogP contribution in [0.4, 0.5) is 5.69 Å². The predicted octanol–water partition coefficient (Wildman–Crippen LogP) is 4.94. The van der Waals surface area contributed by atoms with Crippen LogP contribution in [0.5, 0.6) is 0 Å². The third-order valence-electron chi connectivity index (χ3n) is 5.02. The molecule has 0 bridgehead atoms. The first-order valence-corrected chi connectivity index (χ1v) is 11.2. The van der Waals surface area contributed by atoms with Gasteiger partial charge in [0.05, 0.1) is 0 Å². The number of anilines is 1. The molecule has 4 nitrogen and oxygen atoms in total. The fourth-order valence-corrected chi connectivity index (χ4v) is 3.22. The molecule has 0 aliphatic carbocycles. The summed E-state index contributed by atoms with van der Waals surface area (Å²) in [5.74, 6) is 0.318. The maximum absolute atomic E-state index is 11.3. The van der Waals surface area contributed by atoms with Crippen LogP contribution in [-0.4, -0.2) is 19.3 Å². The van der Waals surface area contributed by atoms with Crippen LogP contribution in [0, 0.1) is 5.92 Å². The lowest BCUT2D eigenvalue weighted by atomic mass is 9.84. The highest BCUT2D eigenvalue weighted by Gasteiger charge is 2.48. The Hall–Kier alpha value is -1.04. The van der Waals surface area contributed by atoms with Crippen molar-refractivity contribution in [2.24, 2.45) is 11.1 Å². The molecular formula is C17H27ClN2O2Si. The number of hydrogen-bond acceptors (Lipinski definition) is 3. The van der Waals surface area contributed by atoms with Crippen LogP contribution in [0.2, 0.25) is 23.2 Å². The monoisotopic (exact) mass is 354 g/mol. The van der Waals surface area contributed by atoms with Crippen LogP contribution >= 0.6 is 11.6 Å². The summed E-state index contributed by atoms with van der Waals surface area (Å²) in [6.45, 7) is 14.6. The molecule has 1 heterocycles. The Bertz CT molecular complexity index is 638. The maximum atomic E-state index is 11.3. The predicted molar refractivity (Wildman–Crippen MR) is 99.5 cm³/mol. The van der Waals surface area contributed by atoms with E-state index in [-0.39, 0.29) is 11.0 Å². The van der Waals surface area contributed by atoms with Crippen molar-refractivity contribution in [2.75, 3.05) is 5.32 Å². The maximum Gasteiger partial charge on any atom is 0.286 e. The van der Waals surface area contributed by atoms with Crippen LogP contribution < -0.4 is 5.32 Å². The smallest absolute Gasteiger partial charge is 0.286 e. The van der Waals surface area contributed by atoms with Gasteiger partial charge in [-0.15, -0.1) is 0 Å². The largest absolute Gasteiger partial charge is 0.453 e. The van der Waals surface area contributed by atoms with E-state index < -0.39 is 13.9 Å². The summed E-state index contributed by atoms with van der Waals surface area (Å²) < 4.78 is 5.96. The first-order chi connectivity index (χ1) is 10.4. The minimum absolute atomic E-state index is 0.0378. The Balaban J connectivity index is 2.45. The summed E-state index contributed by atoms with van der Waals surface area (Å²) in [6.07, 6.45) is 0. The summed E-state index contributed by atoms with van der Waals surface area (Å²) in [5, 5.41) is 19.4. The number of nitrogens with zero attached hydrogens (tertiary/aromatic N) is 1. The Morgan fingerprint density at radius 3 is 2.43 bits per heavy atom. The number of amidine groups is 1. The minimum Gasteiger partial charge on any atom is -0.453 e. The molecule has 0 fully saturated rings. The number of rotatable bonds is 3. The standard InChI is InChI=1S/C17H27ClN2O2Si/c1-11(2)17(21)14-12(18)9-8-10-13(14)19-15(17)20-22-23(6,7)16(3,4)5/h8-11,21H,1-7H3,(H,19,20). The van der Waals surface area contributed by atoms with E-state index in [1.807, 2.05) is 26.0 Å². The number of benzene rings is 1. The lowest BCUT2D eigenvalue weighted by molar-refractivity contribution is 0.0621. The Morgan fingerprint density at radius 1 is 1.30 bits per heavy atom. The van der Waals surface area contributed by atoms with Crippen molar-refractivity contribution in [3.8, 4) is 0 Å². The van der Waals surface area contributed by atoms with Crippen molar-refractivity contribution in [3.63, 3.8) is 0 Å². The van der Waals surface area contributed by atoms with Crippen LogP contribution in [0.1, 0.15) is 40.2 Å². The van der Waals surface area contributed by atoms with Crippen LogP contribution in [0.3, 0.4) is 0 Å². The molecule has 0 amide bonds. The van der Waals surface area contributed by atoms with Crippen LogP contribution in [0.15, 0.2) is 23.4 Å². The SMILES string of the molecule is CC(C)C1(O)C(=NO[Si](C)(C)C(C)(C)C)Nc2cccc(Cl)c21. The van der Waals surface area contributed by atoms with Crippen molar-refractivity contribution in [1.82, 2.24) is 0 Å². The molecule has 0 saturated heterocycles. The number of hydrogen-bond donors (Lipinski definition) is 2. The second kappa shape index (κ2) is 5.79. The molecule has 0 aromatic heterocycles. The highest BCUT2D eigenvalue weighted by Crippen LogP contribution is 2.45. The van der Waals surface area contributed by atoms with Crippen LogP contribution in [-0.2, 0) is 10.1 Å².